The third-order valence-corrected chi connectivity index (χ3v) is 5.07. The quantitative estimate of drug-likeness (QED) is 0.822. The first-order valence-electron chi connectivity index (χ1n) is 7.54. The molecule has 1 aromatic rings. The zero-order chi connectivity index (χ0) is 14.2. The highest BCUT2D eigenvalue weighted by atomic mass is 16.5. The van der Waals surface area contributed by atoms with Gasteiger partial charge in [-0.25, -0.2) is 0 Å². The van der Waals surface area contributed by atoms with E-state index in [9.17, 15) is 0 Å². The molecule has 3 rings (SSSR count). The van der Waals surface area contributed by atoms with Crippen LogP contribution in [0.5, 0.6) is 0 Å². The van der Waals surface area contributed by atoms with Gasteiger partial charge in [0.2, 0.25) is 0 Å². The molecule has 0 aliphatic carbocycles. The van der Waals surface area contributed by atoms with Crippen LogP contribution >= 0.6 is 0 Å². The van der Waals surface area contributed by atoms with Crippen LogP contribution in [0, 0.1) is 13.8 Å². The largest absolute Gasteiger partial charge is 0.381 e. The Hall–Kier alpha value is -0.910. The molecule has 0 saturated carbocycles. The summed E-state index contributed by atoms with van der Waals surface area (Å²) in [6, 6.07) is 0. The number of aromatic nitrogens is 1. The van der Waals surface area contributed by atoms with Crippen molar-refractivity contribution in [3.8, 4) is 0 Å². The summed E-state index contributed by atoms with van der Waals surface area (Å²) in [5.74, 6) is 0.961. The molecule has 0 bridgehead atoms. The molecule has 0 unspecified atom stereocenters. The van der Waals surface area contributed by atoms with Crippen molar-refractivity contribution < 1.29 is 9.26 Å². The van der Waals surface area contributed by atoms with Crippen LogP contribution in [0.3, 0.4) is 0 Å². The average Bonchev–Trinajstić information content (AvgIpc) is 2.76. The van der Waals surface area contributed by atoms with Gasteiger partial charge in [-0.05, 0) is 33.7 Å². The summed E-state index contributed by atoms with van der Waals surface area (Å²) in [4.78, 5) is 5.09. The van der Waals surface area contributed by atoms with E-state index in [4.69, 9.17) is 9.26 Å². The summed E-state index contributed by atoms with van der Waals surface area (Å²) in [7, 11) is 2.26. The Bertz CT molecular complexity index is 446. The molecule has 3 heterocycles. The van der Waals surface area contributed by atoms with Gasteiger partial charge in [-0.1, -0.05) is 5.16 Å². The molecule has 20 heavy (non-hydrogen) atoms. The summed E-state index contributed by atoms with van der Waals surface area (Å²) in [6.07, 6.45) is 2.28. The lowest BCUT2D eigenvalue weighted by Crippen LogP contribution is -2.62. The van der Waals surface area contributed by atoms with Crippen molar-refractivity contribution in [1.82, 2.24) is 15.0 Å². The second-order valence-corrected chi connectivity index (χ2v) is 6.27. The van der Waals surface area contributed by atoms with Gasteiger partial charge in [-0.15, -0.1) is 0 Å². The minimum absolute atomic E-state index is 0.301. The predicted molar refractivity (Wildman–Crippen MR) is 76.7 cm³/mol. The number of likely N-dealkylation sites (N-methyl/N-ethyl adjacent to an activating group) is 1. The van der Waals surface area contributed by atoms with Gasteiger partial charge in [0, 0.05) is 50.5 Å². The third kappa shape index (κ3) is 2.50. The summed E-state index contributed by atoms with van der Waals surface area (Å²) in [5, 5.41) is 4.07. The second kappa shape index (κ2) is 5.47. The first kappa shape index (κ1) is 14.0. The first-order valence-corrected chi connectivity index (χ1v) is 7.54. The van der Waals surface area contributed by atoms with Crippen LogP contribution in [0.15, 0.2) is 4.52 Å². The highest BCUT2D eigenvalue weighted by Crippen LogP contribution is 2.31. The molecule has 0 N–H and O–H groups in total. The van der Waals surface area contributed by atoms with Gasteiger partial charge in [0.05, 0.1) is 5.69 Å². The summed E-state index contributed by atoms with van der Waals surface area (Å²) < 4.78 is 10.8. The Morgan fingerprint density at radius 3 is 2.60 bits per heavy atom. The minimum Gasteiger partial charge on any atom is -0.381 e. The lowest BCUT2D eigenvalue weighted by Gasteiger charge is -2.51. The molecule has 2 fully saturated rings. The normalized spacial score (nSPS) is 24.4. The molecular formula is C15H25N3O2. The van der Waals surface area contributed by atoms with E-state index in [1.807, 2.05) is 13.8 Å². The summed E-state index contributed by atoms with van der Waals surface area (Å²) >= 11 is 0. The first-order chi connectivity index (χ1) is 9.61. The summed E-state index contributed by atoms with van der Waals surface area (Å²) in [5.41, 5.74) is 2.59. The Kier molecular flexibility index (Phi) is 3.84. The standard InChI is InChI=1S/C15H25N3O2/c1-12-14(13(2)20-16-12)10-18-7-6-17(3)15(11-18)4-8-19-9-5-15/h4-11H2,1-3H3. The topological polar surface area (TPSA) is 41.7 Å². The van der Waals surface area contributed by atoms with Gasteiger partial charge in [-0.3, -0.25) is 9.80 Å². The Balaban J connectivity index is 1.72. The molecule has 1 aromatic heterocycles. The number of piperazine rings is 1. The van der Waals surface area contributed by atoms with E-state index in [-0.39, 0.29) is 0 Å². The van der Waals surface area contributed by atoms with E-state index < -0.39 is 0 Å². The molecule has 5 nitrogen and oxygen atoms in total. The number of ether oxygens (including phenoxy) is 1. The van der Waals surface area contributed by atoms with Crippen LogP contribution in [0.2, 0.25) is 0 Å². The van der Waals surface area contributed by atoms with Crippen LogP contribution in [-0.2, 0) is 11.3 Å². The SMILES string of the molecule is Cc1noc(C)c1CN1CCN(C)C2(CCOCC2)C1. The predicted octanol–water partition coefficient (Wildman–Crippen LogP) is 1.59. The summed E-state index contributed by atoms with van der Waals surface area (Å²) in [6.45, 7) is 10.1. The second-order valence-electron chi connectivity index (χ2n) is 6.27. The van der Waals surface area contributed by atoms with Crippen molar-refractivity contribution in [2.24, 2.45) is 0 Å². The maximum Gasteiger partial charge on any atom is 0.138 e. The van der Waals surface area contributed by atoms with Crippen molar-refractivity contribution in [1.29, 1.82) is 0 Å². The molecule has 112 valence electrons. The smallest absolute Gasteiger partial charge is 0.138 e. The fraction of sp³-hybridized carbons (Fsp3) is 0.800. The highest BCUT2D eigenvalue weighted by molar-refractivity contribution is 5.20. The van der Waals surface area contributed by atoms with Gasteiger partial charge < -0.3 is 9.26 Å². The van der Waals surface area contributed by atoms with Crippen molar-refractivity contribution in [3.05, 3.63) is 17.0 Å². The number of hydrogen-bond donors (Lipinski definition) is 0. The Morgan fingerprint density at radius 1 is 1.20 bits per heavy atom. The van der Waals surface area contributed by atoms with Crippen LogP contribution in [0.25, 0.3) is 0 Å². The lowest BCUT2D eigenvalue weighted by atomic mass is 9.86. The van der Waals surface area contributed by atoms with E-state index in [0.717, 1.165) is 63.7 Å². The van der Waals surface area contributed by atoms with Gasteiger partial charge >= 0.3 is 0 Å². The number of rotatable bonds is 2. The van der Waals surface area contributed by atoms with Crippen molar-refractivity contribution in [2.45, 2.75) is 38.8 Å². The molecule has 2 aliphatic rings. The molecule has 0 aromatic carbocycles. The van der Waals surface area contributed by atoms with Gasteiger partial charge in [0.15, 0.2) is 0 Å². The maximum absolute atomic E-state index is 5.55. The maximum atomic E-state index is 5.55. The van der Waals surface area contributed by atoms with E-state index in [0.29, 0.717) is 5.54 Å². The van der Waals surface area contributed by atoms with Crippen LogP contribution < -0.4 is 0 Å². The molecular weight excluding hydrogens is 254 g/mol. The highest BCUT2D eigenvalue weighted by Gasteiger charge is 2.41. The van der Waals surface area contributed by atoms with E-state index in [2.05, 4.69) is 22.0 Å². The fourth-order valence-corrected chi connectivity index (χ4v) is 3.52. The van der Waals surface area contributed by atoms with E-state index >= 15 is 0 Å². The number of hydrogen-bond acceptors (Lipinski definition) is 5. The zero-order valence-corrected chi connectivity index (χ0v) is 12.8. The van der Waals surface area contributed by atoms with E-state index in [1.54, 1.807) is 0 Å². The number of aryl methyl sites for hydroxylation is 2. The van der Waals surface area contributed by atoms with Crippen molar-refractivity contribution in [3.63, 3.8) is 0 Å². The average molecular weight is 279 g/mol. The molecule has 5 heteroatoms. The number of nitrogens with zero attached hydrogens (tertiary/aromatic N) is 3. The Labute approximate surface area is 120 Å². The van der Waals surface area contributed by atoms with E-state index in [1.165, 1.54) is 5.56 Å². The van der Waals surface area contributed by atoms with Crippen LogP contribution in [0.4, 0.5) is 0 Å². The van der Waals surface area contributed by atoms with Gasteiger partial charge in [0.1, 0.15) is 5.76 Å². The van der Waals surface area contributed by atoms with Crippen molar-refractivity contribution in [2.75, 3.05) is 39.9 Å². The van der Waals surface area contributed by atoms with Crippen LogP contribution in [-0.4, -0.2) is 60.4 Å². The molecule has 0 atom stereocenters. The lowest BCUT2D eigenvalue weighted by molar-refractivity contribution is -0.0626. The minimum atomic E-state index is 0.301. The zero-order valence-electron chi connectivity index (χ0n) is 12.8. The monoisotopic (exact) mass is 279 g/mol. The third-order valence-electron chi connectivity index (χ3n) is 5.07. The molecule has 2 saturated heterocycles. The van der Waals surface area contributed by atoms with Crippen LogP contribution in [0.1, 0.15) is 29.9 Å². The van der Waals surface area contributed by atoms with Gasteiger partial charge in [0.25, 0.3) is 0 Å². The fourth-order valence-electron chi connectivity index (χ4n) is 3.52. The van der Waals surface area contributed by atoms with Crippen molar-refractivity contribution >= 4 is 0 Å². The Morgan fingerprint density at radius 2 is 1.95 bits per heavy atom. The molecule has 2 aliphatic heterocycles. The molecule has 1 spiro atoms. The van der Waals surface area contributed by atoms with Gasteiger partial charge in [-0.2, -0.15) is 0 Å². The molecule has 0 radical (unpaired) electrons. The molecule has 0 amide bonds.